The summed E-state index contributed by atoms with van der Waals surface area (Å²) in [4.78, 5) is 7.84. The van der Waals surface area contributed by atoms with E-state index in [0.717, 1.165) is 36.4 Å². The van der Waals surface area contributed by atoms with Gasteiger partial charge >= 0.3 is 0 Å². The third-order valence-electron chi connectivity index (χ3n) is 5.21. The van der Waals surface area contributed by atoms with Crippen molar-refractivity contribution < 1.29 is 9.57 Å². The minimum atomic E-state index is -0.286. The van der Waals surface area contributed by atoms with E-state index >= 15 is 0 Å². The standard InChI is InChI=1S/C22H26N2O2/c1-16-8-6-9-17(14-16)22-15-19(22)21(23-25-13-7-12-24(2)3)18-10-4-5-11-20(18)26-22/h4-6,8-11,14,19H,7,12-13,15H2,1-3H3. The second kappa shape index (κ2) is 6.76. The molecule has 0 radical (unpaired) electrons. The Morgan fingerprint density at radius 3 is 2.85 bits per heavy atom. The second-order valence-electron chi connectivity index (χ2n) is 7.58. The Bertz CT molecular complexity index is 830. The molecule has 1 aliphatic carbocycles. The van der Waals surface area contributed by atoms with Crippen LogP contribution in [0.4, 0.5) is 0 Å². The Morgan fingerprint density at radius 2 is 2.04 bits per heavy atom. The smallest absolute Gasteiger partial charge is 0.143 e. The Labute approximate surface area is 155 Å². The highest BCUT2D eigenvalue weighted by Crippen LogP contribution is 2.60. The van der Waals surface area contributed by atoms with Crippen LogP contribution < -0.4 is 4.74 Å². The molecule has 1 heterocycles. The van der Waals surface area contributed by atoms with Gasteiger partial charge in [-0.25, -0.2) is 0 Å². The SMILES string of the molecule is Cc1cccc(C23CC2C(=NOCCCN(C)C)c2ccccc2O3)c1. The van der Waals surface area contributed by atoms with Crippen LogP contribution in [0.25, 0.3) is 0 Å². The molecular formula is C22H26N2O2. The molecule has 4 heteroatoms. The molecular weight excluding hydrogens is 324 g/mol. The van der Waals surface area contributed by atoms with Crippen LogP contribution in [-0.4, -0.2) is 37.9 Å². The fourth-order valence-corrected chi connectivity index (χ4v) is 3.79. The van der Waals surface area contributed by atoms with Gasteiger partial charge in [0.1, 0.15) is 18.0 Å². The number of aryl methyl sites for hydroxylation is 1. The number of hydrogen-bond acceptors (Lipinski definition) is 4. The van der Waals surface area contributed by atoms with Gasteiger partial charge in [0.15, 0.2) is 0 Å². The molecule has 26 heavy (non-hydrogen) atoms. The molecule has 2 aliphatic rings. The lowest BCUT2D eigenvalue weighted by atomic mass is 9.95. The summed E-state index contributed by atoms with van der Waals surface area (Å²) in [7, 11) is 4.14. The summed E-state index contributed by atoms with van der Waals surface area (Å²) in [5.74, 6) is 1.16. The maximum atomic E-state index is 6.48. The summed E-state index contributed by atoms with van der Waals surface area (Å²) < 4.78 is 6.48. The number of benzene rings is 2. The van der Waals surface area contributed by atoms with E-state index in [0.29, 0.717) is 6.61 Å². The van der Waals surface area contributed by atoms with E-state index in [1.165, 1.54) is 11.1 Å². The number of ether oxygens (including phenoxy) is 1. The van der Waals surface area contributed by atoms with E-state index in [2.05, 4.69) is 61.4 Å². The molecule has 2 atom stereocenters. The lowest BCUT2D eigenvalue weighted by Crippen LogP contribution is -2.28. The highest BCUT2D eigenvalue weighted by molar-refractivity contribution is 6.08. The zero-order valence-electron chi connectivity index (χ0n) is 15.7. The van der Waals surface area contributed by atoms with Crippen molar-refractivity contribution in [2.24, 2.45) is 11.1 Å². The Morgan fingerprint density at radius 1 is 1.19 bits per heavy atom. The average Bonchev–Trinajstić information content (AvgIpc) is 3.36. The Kier molecular flexibility index (Phi) is 4.45. The van der Waals surface area contributed by atoms with Crippen molar-refractivity contribution in [2.45, 2.75) is 25.4 Å². The fraction of sp³-hybridized carbons (Fsp3) is 0.409. The molecule has 0 N–H and O–H groups in total. The van der Waals surface area contributed by atoms with Gasteiger partial charge in [0.2, 0.25) is 0 Å². The van der Waals surface area contributed by atoms with Crippen LogP contribution in [0.3, 0.4) is 0 Å². The highest BCUT2D eigenvalue weighted by Gasteiger charge is 2.64. The molecule has 0 amide bonds. The first kappa shape index (κ1) is 17.1. The van der Waals surface area contributed by atoms with Gasteiger partial charge in [0.05, 0.1) is 11.6 Å². The van der Waals surface area contributed by atoms with Gasteiger partial charge in [-0.05, 0) is 45.1 Å². The van der Waals surface area contributed by atoms with Crippen molar-refractivity contribution in [3.8, 4) is 5.75 Å². The molecule has 136 valence electrons. The molecule has 0 bridgehead atoms. The van der Waals surface area contributed by atoms with E-state index in [1.807, 2.05) is 18.2 Å². The van der Waals surface area contributed by atoms with Crippen molar-refractivity contribution in [3.05, 3.63) is 65.2 Å². The number of oxime groups is 1. The zero-order chi connectivity index (χ0) is 18.1. The number of para-hydroxylation sites is 1. The number of fused-ring (bicyclic) bond motifs is 2. The van der Waals surface area contributed by atoms with Crippen molar-refractivity contribution >= 4 is 5.71 Å². The minimum Gasteiger partial charge on any atom is -0.481 e. The van der Waals surface area contributed by atoms with Gasteiger partial charge in [0, 0.05) is 18.5 Å². The third kappa shape index (κ3) is 3.10. The van der Waals surface area contributed by atoms with Gasteiger partial charge < -0.3 is 14.5 Å². The van der Waals surface area contributed by atoms with Crippen LogP contribution in [-0.2, 0) is 10.4 Å². The lowest BCUT2D eigenvalue weighted by Gasteiger charge is -2.27. The fourth-order valence-electron chi connectivity index (χ4n) is 3.79. The molecule has 1 fully saturated rings. The van der Waals surface area contributed by atoms with Crippen LogP contribution in [0.5, 0.6) is 5.75 Å². The molecule has 1 saturated carbocycles. The van der Waals surface area contributed by atoms with Gasteiger partial charge in [-0.15, -0.1) is 0 Å². The van der Waals surface area contributed by atoms with E-state index in [-0.39, 0.29) is 11.5 Å². The molecule has 2 unspecified atom stereocenters. The van der Waals surface area contributed by atoms with Crippen molar-refractivity contribution in [3.63, 3.8) is 0 Å². The van der Waals surface area contributed by atoms with Crippen LogP contribution in [0, 0.1) is 12.8 Å². The normalized spacial score (nSPS) is 24.8. The van der Waals surface area contributed by atoms with Crippen molar-refractivity contribution in [1.29, 1.82) is 0 Å². The summed E-state index contributed by atoms with van der Waals surface area (Å²) in [6, 6.07) is 16.8. The topological polar surface area (TPSA) is 34.1 Å². The molecule has 2 aromatic carbocycles. The lowest BCUT2D eigenvalue weighted by molar-refractivity contribution is 0.129. The van der Waals surface area contributed by atoms with Crippen LogP contribution in [0.1, 0.15) is 29.5 Å². The van der Waals surface area contributed by atoms with E-state index in [9.17, 15) is 0 Å². The summed E-state index contributed by atoms with van der Waals surface area (Å²) in [6.07, 6.45) is 1.92. The monoisotopic (exact) mass is 350 g/mol. The largest absolute Gasteiger partial charge is 0.481 e. The average molecular weight is 350 g/mol. The van der Waals surface area contributed by atoms with Gasteiger partial charge in [0.25, 0.3) is 0 Å². The second-order valence-corrected chi connectivity index (χ2v) is 7.58. The number of hydrogen-bond donors (Lipinski definition) is 0. The molecule has 4 rings (SSSR count). The highest BCUT2D eigenvalue weighted by atomic mass is 16.6. The maximum Gasteiger partial charge on any atom is 0.143 e. The van der Waals surface area contributed by atoms with Gasteiger partial charge in [-0.2, -0.15) is 0 Å². The summed E-state index contributed by atoms with van der Waals surface area (Å²) in [5.41, 5.74) is 4.29. The molecule has 1 aliphatic heterocycles. The van der Waals surface area contributed by atoms with Crippen LogP contribution in [0.15, 0.2) is 53.7 Å². The first-order chi connectivity index (χ1) is 12.6. The zero-order valence-corrected chi connectivity index (χ0v) is 15.7. The molecule has 4 nitrogen and oxygen atoms in total. The Balaban J connectivity index is 1.60. The molecule has 0 saturated heterocycles. The predicted octanol–water partition coefficient (Wildman–Crippen LogP) is 3.98. The molecule has 0 spiro atoms. The predicted molar refractivity (Wildman–Crippen MR) is 104 cm³/mol. The summed E-state index contributed by atoms with van der Waals surface area (Å²) >= 11 is 0. The van der Waals surface area contributed by atoms with Crippen molar-refractivity contribution in [2.75, 3.05) is 27.2 Å². The molecule has 0 aromatic heterocycles. The van der Waals surface area contributed by atoms with Gasteiger partial charge in [-0.3, -0.25) is 0 Å². The number of rotatable bonds is 6. The van der Waals surface area contributed by atoms with E-state index in [4.69, 9.17) is 9.57 Å². The van der Waals surface area contributed by atoms with Crippen LogP contribution >= 0.6 is 0 Å². The first-order valence-electron chi connectivity index (χ1n) is 9.30. The van der Waals surface area contributed by atoms with Gasteiger partial charge in [-0.1, -0.05) is 47.1 Å². The van der Waals surface area contributed by atoms with Crippen molar-refractivity contribution in [1.82, 2.24) is 4.90 Å². The third-order valence-corrected chi connectivity index (χ3v) is 5.21. The Hall–Kier alpha value is -2.33. The summed E-state index contributed by atoms with van der Waals surface area (Å²) in [5, 5.41) is 4.56. The van der Waals surface area contributed by atoms with E-state index < -0.39 is 0 Å². The minimum absolute atomic E-state index is 0.257. The summed E-state index contributed by atoms with van der Waals surface area (Å²) in [6.45, 7) is 3.76. The quantitative estimate of drug-likeness (QED) is 0.584. The van der Waals surface area contributed by atoms with Crippen LogP contribution in [0.2, 0.25) is 0 Å². The first-order valence-corrected chi connectivity index (χ1v) is 9.30. The van der Waals surface area contributed by atoms with E-state index in [1.54, 1.807) is 0 Å². The maximum absolute atomic E-state index is 6.48. The number of nitrogens with zero attached hydrogens (tertiary/aromatic N) is 2. The molecule has 2 aromatic rings.